The van der Waals surface area contributed by atoms with E-state index in [2.05, 4.69) is 17.2 Å². The van der Waals surface area contributed by atoms with E-state index in [1.807, 2.05) is 0 Å². The molecular weight excluding hydrogens is 248 g/mol. The Bertz CT molecular complexity index is 398. The summed E-state index contributed by atoms with van der Waals surface area (Å²) in [5.74, 6) is -0.762. The van der Waals surface area contributed by atoms with Crippen LogP contribution in [-0.2, 0) is 14.3 Å². The predicted octanol–water partition coefficient (Wildman–Crippen LogP) is -0.667. The highest BCUT2D eigenvalue weighted by atomic mass is 16.5. The number of esters is 1. The summed E-state index contributed by atoms with van der Waals surface area (Å²) in [4.78, 5) is 24.0. The van der Waals surface area contributed by atoms with Crippen LogP contribution in [0.15, 0.2) is 12.7 Å². The highest BCUT2D eigenvalue weighted by Crippen LogP contribution is 2.45. The number of aliphatic hydroxyl groups is 1. The van der Waals surface area contributed by atoms with Gasteiger partial charge in [-0.2, -0.15) is 0 Å². The van der Waals surface area contributed by atoms with E-state index < -0.39 is 23.7 Å². The summed E-state index contributed by atoms with van der Waals surface area (Å²) in [6.07, 6.45) is 2.04. The number of ether oxygens (including phenoxy) is 1. The standard InChI is InChI=1S/C13H20N2O4/c1-3-8-6-13(8,12(18)19-4-2)15-11(17)10-5-9(16)7-14-10/h3,8-10,14,16H,1,4-7H2,2H3,(H,15,17)/t8?,9-,10?,13?/m1/s1. The van der Waals surface area contributed by atoms with E-state index in [1.165, 1.54) is 0 Å². The fraction of sp³-hybridized carbons (Fsp3) is 0.692. The van der Waals surface area contributed by atoms with Gasteiger partial charge in [-0.05, 0) is 19.8 Å². The Hall–Kier alpha value is -1.40. The molecule has 1 saturated heterocycles. The number of nitrogens with one attached hydrogen (secondary N) is 2. The van der Waals surface area contributed by atoms with Crippen LogP contribution in [0, 0.1) is 5.92 Å². The molecule has 6 nitrogen and oxygen atoms in total. The zero-order chi connectivity index (χ0) is 14.0. The van der Waals surface area contributed by atoms with Gasteiger partial charge in [-0.25, -0.2) is 4.79 Å². The van der Waals surface area contributed by atoms with E-state index >= 15 is 0 Å². The van der Waals surface area contributed by atoms with Crippen molar-refractivity contribution in [3.05, 3.63) is 12.7 Å². The molecule has 0 aromatic carbocycles. The Morgan fingerprint density at radius 1 is 1.63 bits per heavy atom. The maximum Gasteiger partial charge on any atom is 0.332 e. The van der Waals surface area contributed by atoms with E-state index in [9.17, 15) is 14.7 Å². The van der Waals surface area contributed by atoms with E-state index in [-0.39, 0.29) is 18.4 Å². The number of rotatable bonds is 5. The van der Waals surface area contributed by atoms with Gasteiger partial charge < -0.3 is 20.5 Å². The lowest BCUT2D eigenvalue weighted by atomic mass is 10.1. The van der Waals surface area contributed by atoms with Crippen molar-refractivity contribution in [3.8, 4) is 0 Å². The number of aliphatic hydroxyl groups excluding tert-OH is 1. The summed E-state index contributed by atoms with van der Waals surface area (Å²) < 4.78 is 5.01. The highest BCUT2D eigenvalue weighted by molar-refractivity contribution is 5.93. The first-order valence-corrected chi connectivity index (χ1v) is 6.56. The summed E-state index contributed by atoms with van der Waals surface area (Å²) in [5.41, 5.74) is -0.954. The highest BCUT2D eigenvalue weighted by Gasteiger charge is 2.61. The van der Waals surface area contributed by atoms with Gasteiger partial charge in [-0.1, -0.05) is 6.08 Å². The average molecular weight is 268 g/mol. The quantitative estimate of drug-likeness (QED) is 0.455. The molecule has 3 N–H and O–H groups in total. The second-order valence-corrected chi connectivity index (χ2v) is 5.08. The van der Waals surface area contributed by atoms with Crippen LogP contribution in [0.3, 0.4) is 0 Å². The first-order chi connectivity index (χ1) is 9.03. The normalized spacial score (nSPS) is 36.6. The minimum atomic E-state index is -0.954. The summed E-state index contributed by atoms with van der Waals surface area (Å²) in [7, 11) is 0. The third-order valence-corrected chi connectivity index (χ3v) is 3.71. The van der Waals surface area contributed by atoms with Crippen molar-refractivity contribution in [2.75, 3.05) is 13.2 Å². The van der Waals surface area contributed by atoms with Gasteiger partial charge in [0.1, 0.15) is 5.54 Å². The molecule has 0 radical (unpaired) electrons. The maximum absolute atomic E-state index is 12.1. The molecule has 19 heavy (non-hydrogen) atoms. The summed E-state index contributed by atoms with van der Waals surface area (Å²) >= 11 is 0. The molecule has 2 rings (SSSR count). The zero-order valence-corrected chi connectivity index (χ0v) is 11.0. The Balaban J connectivity index is 2.00. The van der Waals surface area contributed by atoms with Gasteiger partial charge in [-0.15, -0.1) is 6.58 Å². The lowest BCUT2D eigenvalue weighted by Gasteiger charge is -2.19. The Labute approximate surface area is 112 Å². The zero-order valence-electron chi connectivity index (χ0n) is 11.0. The van der Waals surface area contributed by atoms with Crippen LogP contribution in [0.5, 0.6) is 0 Å². The molecule has 1 heterocycles. The molecule has 1 aliphatic heterocycles. The lowest BCUT2D eigenvalue weighted by molar-refractivity contribution is -0.149. The van der Waals surface area contributed by atoms with Crippen molar-refractivity contribution >= 4 is 11.9 Å². The first kappa shape index (κ1) is 14.0. The van der Waals surface area contributed by atoms with Crippen LogP contribution >= 0.6 is 0 Å². The second kappa shape index (κ2) is 5.30. The molecule has 0 aromatic rings. The van der Waals surface area contributed by atoms with Gasteiger partial charge in [-0.3, -0.25) is 4.79 Å². The van der Waals surface area contributed by atoms with Crippen LogP contribution < -0.4 is 10.6 Å². The average Bonchev–Trinajstić information content (AvgIpc) is 2.92. The van der Waals surface area contributed by atoms with Gasteiger partial charge in [0.05, 0.1) is 18.8 Å². The fourth-order valence-electron chi connectivity index (χ4n) is 2.49. The number of amides is 1. The summed E-state index contributed by atoms with van der Waals surface area (Å²) in [6, 6.07) is -0.452. The van der Waals surface area contributed by atoms with Crippen molar-refractivity contribution < 1.29 is 19.4 Å². The Morgan fingerprint density at radius 2 is 2.37 bits per heavy atom. The monoisotopic (exact) mass is 268 g/mol. The molecule has 1 saturated carbocycles. The van der Waals surface area contributed by atoms with Gasteiger partial charge >= 0.3 is 5.97 Å². The Kier molecular flexibility index (Phi) is 3.91. The van der Waals surface area contributed by atoms with Crippen LogP contribution in [0.4, 0.5) is 0 Å². The third kappa shape index (κ3) is 2.64. The first-order valence-electron chi connectivity index (χ1n) is 6.56. The topological polar surface area (TPSA) is 87.7 Å². The van der Waals surface area contributed by atoms with E-state index in [4.69, 9.17) is 4.74 Å². The molecule has 0 spiro atoms. The van der Waals surface area contributed by atoms with Gasteiger partial charge in [0.2, 0.25) is 5.91 Å². The van der Waals surface area contributed by atoms with Crippen LogP contribution in [-0.4, -0.2) is 47.8 Å². The van der Waals surface area contributed by atoms with Crippen molar-refractivity contribution in [1.29, 1.82) is 0 Å². The third-order valence-electron chi connectivity index (χ3n) is 3.71. The molecule has 1 aliphatic carbocycles. The maximum atomic E-state index is 12.1. The summed E-state index contributed by atoms with van der Waals surface area (Å²) in [6.45, 7) is 6.07. The van der Waals surface area contributed by atoms with Crippen molar-refractivity contribution in [2.45, 2.75) is 37.5 Å². The predicted molar refractivity (Wildman–Crippen MR) is 68.2 cm³/mol. The van der Waals surface area contributed by atoms with Gasteiger partial charge in [0, 0.05) is 12.5 Å². The number of hydrogen-bond donors (Lipinski definition) is 3. The molecule has 0 bridgehead atoms. The number of carbonyl (C=O) groups excluding carboxylic acids is 2. The van der Waals surface area contributed by atoms with Crippen LogP contribution in [0.25, 0.3) is 0 Å². The van der Waals surface area contributed by atoms with E-state index in [0.29, 0.717) is 19.4 Å². The summed E-state index contributed by atoms with van der Waals surface area (Å²) in [5, 5.41) is 15.1. The second-order valence-electron chi connectivity index (χ2n) is 5.08. The minimum Gasteiger partial charge on any atom is -0.464 e. The number of β-amino-alcohol motifs (C(OH)–C–C–N with tert-alkyl or cyclic N) is 1. The van der Waals surface area contributed by atoms with E-state index in [0.717, 1.165) is 0 Å². The lowest BCUT2D eigenvalue weighted by Crippen LogP contribution is -2.51. The molecular formula is C13H20N2O4. The smallest absolute Gasteiger partial charge is 0.332 e. The van der Waals surface area contributed by atoms with Crippen molar-refractivity contribution in [1.82, 2.24) is 10.6 Å². The number of carbonyl (C=O) groups is 2. The number of hydrogen-bond acceptors (Lipinski definition) is 5. The van der Waals surface area contributed by atoms with Gasteiger partial charge in [0.25, 0.3) is 0 Å². The molecule has 4 atom stereocenters. The van der Waals surface area contributed by atoms with Crippen molar-refractivity contribution in [2.24, 2.45) is 5.92 Å². The Morgan fingerprint density at radius 3 is 2.84 bits per heavy atom. The molecule has 0 aromatic heterocycles. The molecule has 106 valence electrons. The molecule has 2 aliphatic rings. The molecule has 1 amide bonds. The fourth-order valence-corrected chi connectivity index (χ4v) is 2.49. The largest absolute Gasteiger partial charge is 0.464 e. The molecule has 2 fully saturated rings. The van der Waals surface area contributed by atoms with Gasteiger partial charge in [0.15, 0.2) is 0 Å². The SMILES string of the molecule is C=CC1CC1(NC(=O)C1C[C@@H](O)CN1)C(=O)OCC. The van der Waals surface area contributed by atoms with E-state index in [1.54, 1.807) is 13.0 Å². The molecule has 6 heteroatoms. The molecule has 3 unspecified atom stereocenters. The van der Waals surface area contributed by atoms with Crippen LogP contribution in [0.1, 0.15) is 19.8 Å². The van der Waals surface area contributed by atoms with Crippen molar-refractivity contribution in [3.63, 3.8) is 0 Å². The minimum absolute atomic E-state index is 0.0816. The van der Waals surface area contributed by atoms with Crippen LogP contribution in [0.2, 0.25) is 0 Å².